The maximum atomic E-state index is 11.3. The molecule has 0 unspecified atom stereocenters. The van der Waals surface area contributed by atoms with Crippen LogP contribution in [-0.2, 0) is 0 Å². The highest BCUT2D eigenvalue weighted by Crippen LogP contribution is 2.37. The number of hydrogen-bond donors (Lipinski definition) is 1. The zero-order valence-corrected chi connectivity index (χ0v) is 13.1. The van der Waals surface area contributed by atoms with E-state index in [1.54, 1.807) is 36.4 Å². The second kappa shape index (κ2) is 5.75. The van der Waals surface area contributed by atoms with Gasteiger partial charge in [-0.1, -0.05) is 29.8 Å². The summed E-state index contributed by atoms with van der Waals surface area (Å²) >= 11 is 6.40. The Morgan fingerprint density at radius 3 is 2.52 bits per heavy atom. The molecule has 3 aromatic rings. The molecule has 0 aliphatic carbocycles. The van der Waals surface area contributed by atoms with E-state index in [0.29, 0.717) is 10.6 Å². The first kappa shape index (κ1) is 15.1. The van der Waals surface area contributed by atoms with Crippen molar-refractivity contribution in [3.8, 4) is 17.2 Å². The minimum atomic E-state index is -0.977. The van der Waals surface area contributed by atoms with Crippen LogP contribution in [0.1, 0.15) is 21.5 Å². The summed E-state index contributed by atoms with van der Waals surface area (Å²) in [4.78, 5) is 11.3. The topological polar surface area (TPSA) is 61.1 Å². The van der Waals surface area contributed by atoms with Crippen molar-refractivity contribution < 1.29 is 9.90 Å². The third kappa shape index (κ3) is 2.65. The molecule has 23 heavy (non-hydrogen) atoms. The van der Waals surface area contributed by atoms with Gasteiger partial charge in [0.15, 0.2) is 0 Å². The molecule has 0 saturated carbocycles. The molecule has 0 radical (unpaired) electrons. The van der Waals surface area contributed by atoms with Crippen molar-refractivity contribution in [3.63, 3.8) is 0 Å². The van der Waals surface area contributed by atoms with E-state index in [1.165, 1.54) is 0 Å². The van der Waals surface area contributed by atoms with E-state index in [2.05, 4.69) is 6.07 Å². The molecule has 0 spiro atoms. The molecule has 3 rings (SSSR count). The first-order valence-electron chi connectivity index (χ1n) is 6.98. The number of benzene rings is 3. The van der Waals surface area contributed by atoms with E-state index in [0.717, 1.165) is 27.5 Å². The number of rotatable bonds is 2. The minimum absolute atomic E-state index is 0.215. The van der Waals surface area contributed by atoms with Gasteiger partial charge in [-0.3, -0.25) is 0 Å². The van der Waals surface area contributed by atoms with Crippen LogP contribution in [0.3, 0.4) is 0 Å². The monoisotopic (exact) mass is 321 g/mol. The molecule has 0 aliphatic rings. The van der Waals surface area contributed by atoms with E-state index in [9.17, 15) is 9.90 Å². The molecule has 1 N–H and O–H groups in total. The quantitative estimate of drug-likeness (QED) is 0.719. The summed E-state index contributed by atoms with van der Waals surface area (Å²) in [5.41, 5.74) is 3.39. The Morgan fingerprint density at radius 1 is 1.13 bits per heavy atom. The summed E-state index contributed by atoms with van der Waals surface area (Å²) in [5.74, 6) is -0.977. The lowest BCUT2D eigenvalue weighted by atomic mass is 9.93. The number of carbonyl (C=O) groups is 1. The minimum Gasteiger partial charge on any atom is -0.478 e. The standard InChI is InChI=1S/C19H12ClNO2/c1-11-8-12(10-21)2-6-15(11)18-16-9-14(19(22)23)4-3-13(16)5-7-17(18)20/h2-9H,1H3,(H,22,23). The normalized spacial score (nSPS) is 10.5. The molecular weight excluding hydrogens is 310 g/mol. The van der Waals surface area contributed by atoms with Crippen LogP contribution in [-0.4, -0.2) is 11.1 Å². The van der Waals surface area contributed by atoms with Gasteiger partial charge in [0.2, 0.25) is 0 Å². The Hall–Kier alpha value is -2.83. The van der Waals surface area contributed by atoms with Crippen LogP contribution in [0.2, 0.25) is 5.02 Å². The zero-order chi connectivity index (χ0) is 16.6. The van der Waals surface area contributed by atoms with Gasteiger partial charge in [0.05, 0.1) is 17.2 Å². The summed E-state index contributed by atoms with van der Waals surface area (Å²) in [5, 5.41) is 20.5. The van der Waals surface area contributed by atoms with Gasteiger partial charge in [0.25, 0.3) is 0 Å². The Labute approximate surface area is 138 Å². The Balaban J connectivity index is 2.36. The fourth-order valence-electron chi connectivity index (χ4n) is 2.71. The van der Waals surface area contributed by atoms with Crippen molar-refractivity contribution in [3.05, 3.63) is 70.2 Å². The number of fused-ring (bicyclic) bond motifs is 1. The van der Waals surface area contributed by atoms with Crippen LogP contribution >= 0.6 is 11.6 Å². The third-order valence-electron chi connectivity index (χ3n) is 3.84. The van der Waals surface area contributed by atoms with Crippen molar-refractivity contribution in [2.75, 3.05) is 0 Å². The molecule has 3 aromatic carbocycles. The Kier molecular flexibility index (Phi) is 3.77. The highest BCUT2D eigenvalue weighted by atomic mass is 35.5. The Morgan fingerprint density at radius 2 is 1.87 bits per heavy atom. The fourth-order valence-corrected chi connectivity index (χ4v) is 2.98. The predicted octanol–water partition coefficient (Wildman–Crippen LogP) is 5.04. The number of nitrogens with zero attached hydrogens (tertiary/aromatic N) is 1. The van der Waals surface area contributed by atoms with Crippen molar-refractivity contribution >= 4 is 28.3 Å². The number of hydrogen-bond acceptors (Lipinski definition) is 2. The lowest BCUT2D eigenvalue weighted by Crippen LogP contribution is -1.96. The van der Waals surface area contributed by atoms with Crippen LogP contribution in [0.4, 0.5) is 0 Å². The number of aromatic carboxylic acids is 1. The molecular formula is C19H12ClNO2. The van der Waals surface area contributed by atoms with Gasteiger partial charge in [-0.25, -0.2) is 4.79 Å². The van der Waals surface area contributed by atoms with Gasteiger partial charge in [-0.15, -0.1) is 0 Å². The molecule has 0 aromatic heterocycles. The average Bonchev–Trinajstić information content (AvgIpc) is 2.54. The molecule has 3 nitrogen and oxygen atoms in total. The largest absolute Gasteiger partial charge is 0.478 e. The molecule has 0 bridgehead atoms. The number of nitriles is 1. The van der Waals surface area contributed by atoms with E-state index in [4.69, 9.17) is 16.9 Å². The number of carboxylic acid groups (broad SMARTS) is 1. The summed E-state index contributed by atoms with van der Waals surface area (Å²) in [6, 6.07) is 16.2. The zero-order valence-electron chi connectivity index (χ0n) is 12.3. The highest BCUT2D eigenvalue weighted by Gasteiger charge is 2.13. The number of halogens is 1. The van der Waals surface area contributed by atoms with E-state index in [-0.39, 0.29) is 5.56 Å². The number of aryl methyl sites for hydroxylation is 1. The maximum absolute atomic E-state index is 11.3. The molecule has 0 saturated heterocycles. The molecule has 0 atom stereocenters. The van der Waals surface area contributed by atoms with Crippen molar-refractivity contribution in [1.82, 2.24) is 0 Å². The van der Waals surface area contributed by atoms with Crippen LogP contribution in [0.25, 0.3) is 21.9 Å². The molecule has 112 valence electrons. The second-order valence-electron chi connectivity index (χ2n) is 5.30. The van der Waals surface area contributed by atoms with Crippen molar-refractivity contribution in [2.24, 2.45) is 0 Å². The van der Waals surface area contributed by atoms with Gasteiger partial charge in [0.1, 0.15) is 0 Å². The summed E-state index contributed by atoms with van der Waals surface area (Å²) in [6.45, 7) is 1.91. The SMILES string of the molecule is Cc1cc(C#N)ccc1-c1c(Cl)ccc2ccc(C(=O)O)cc12. The summed E-state index contributed by atoms with van der Waals surface area (Å²) in [7, 11) is 0. The van der Waals surface area contributed by atoms with E-state index >= 15 is 0 Å². The van der Waals surface area contributed by atoms with E-state index < -0.39 is 5.97 Å². The molecule has 0 heterocycles. The highest BCUT2D eigenvalue weighted by molar-refractivity contribution is 6.35. The molecule has 0 fully saturated rings. The lowest BCUT2D eigenvalue weighted by molar-refractivity contribution is 0.0697. The smallest absolute Gasteiger partial charge is 0.335 e. The number of carboxylic acids is 1. The molecule has 0 amide bonds. The van der Waals surface area contributed by atoms with Crippen LogP contribution < -0.4 is 0 Å². The average molecular weight is 322 g/mol. The second-order valence-corrected chi connectivity index (χ2v) is 5.71. The van der Waals surface area contributed by atoms with Crippen LogP contribution in [0.5, 0.6) is 0 Å². The van der Waals surface area contributed by atoms with Crippen molar-refractivity contribution in [1.29, 1.82) is 5.26 Å². The first-order chi connectivity index (χ1) is 11.0. The van der Waals surface area contributed by atoms with Gasteiger partial charge < -0.3 is 5.11 Å². The van der Waals surface area contributed by atoms with Crippen LogP contribution in [0.15, 0.2) is 48.5 Å². The molecule has 4 heteroatoms. The van der Waals surface area contributed by atoms with Gasteiger partial charge in [-0.05, 0) is 59.2 Å². The van der Waals surface area contributed by atoms with E-state index in [1.807, 2.05) is 19.1 Å². The van der Waals surface area contributed by atoms with Gasteiger partial charge >= 0.3 is 5.97 Å². The molecule has 0 aliphatic heterocycles. The Bertz CT molecular complexity index is 987. The predicted molar refractivity (Wildman–Crippen MR) is 90.8 cm³/mol. The fraction of sp³-hybridized carbons (Fsp3) is 0.0526. The summed E-state index contributed by atoms with van der Waals surface area (Å²) < 4.78 is 0. The van der Waals surface area contributed by atoms with Gasteiger partial charge in [0, 0.05) is 10.6 Å². The van der Waals surface area contributed by atoms with Gasteiger partial charge in [-0.2, -0.15) is 5.26 Å². The lowest BCUT2D eigenvalue weighted by Gasteiger charge is -2.13. The first-order valence-corrected chi connectivity index (χ1v) is 7.36. The summed E-state index contributed by atoms with van der Waals surface area (Å²) in [6.07, 6.45) is 0. The van der Waals surface area contributed by atoms with Crippen LogP contribution in [0, 0.1) is 18.3 Å². The third-order valence-corrected chi connectivity index (χ3v) is 4.16. The van der Waals surface area contributed by atoms with Crippen molar-refractivity contribution in [2.45, 2.75) is 6.92 Å². The maximum Gasteiger partial charge on any atom is 0.335 e.